The summed E-state index contributed by atoms with van der Waals surface area (Å²) in [6.45, 7) is 12.1. The number of halogens is 3. The van der Waals surface area contributed by atoms with Gasteiger partial charge in [-0.05, 0) is 37.9 Å². The van der Waals surface area contributed by atoms with Crippen molar-refractivity contribution in [2.75, 3.05) is 39.4 Å². The molecule has 4 heterocycles. The lowest BCUT2D eigenvalue weighted by Gasteiger charge is -2.63. The van der Waals surface area contributed by atoms with Gasteiger partial charge in [0, 0.05) is 47.9 Å². The molecule has 3 aliphatic rings. The van der Waals surface area contributed by atoms with Gasteiger partial charge in [-0.25, -0.2) is 9.29 Å². The van der Waals surface area contributed by atoms with E-state index in [9.17, 15) is 13.2 Å². The third kappa shape index (κ3) is 3.15. The average molecular weight is 387 g/mol. The predicted octanol–water partition coefficient (Wildman–Crippen LogP) is 3.46. The number of hydrogen-bond donors (Lipinski definition) is 0. The first-order chi connectivity index (χ1) is 12.1. The number of aromatic nitrogens is 1. The van der Waals surface area contributed by atoms with Crippen LogP contribution in [0.4, 0.5) is 13.2 Å². The van der Waals surface area contributed by atoms with E-state index in [-0.39, 0.29) is 5.41 Å². The Balaban J connectivity index is 1.29. The number of rotatable bonds is 4. The molecule has 0 saturated carbocycles. The first-order valence-electron chi connectivity index (χ1n) is 8.90. The van der Waals surface area contributed by atoms with Crippen molar-refractivity contribution < 1.29 is 17.9 Å². The average Bonchev–Trinajstić information content (AvgIpc) is 2.45. The first-order valence-corrected chi connectivity index (χ1v) is 9.67. The SMILES string of the molecule is Cc1nc(C(F)(F)F)ccc1SN1CC2(C1)CN(C(C)C1(C)COC1)C2. The molecule has 8 heteroatoms. The van der Waals surface area contributed by atoms with Gasteiger partial charge in [-0.15, -0.1) is 0 Å². The number of ether oxygens (including phenoxy) is 1. The summed E-state index contributed by atoms with van der Waals surface area (Å²) < 4.78 is 45.8. The van der Waals surface area contributed by atoms with Gasteiger partial charge in [-0.2, -0.15) is 13.2 Å². The normalized spacial score (nSPS) is 26.1. The second-order valence-electron chi connectivity index (χ2n) is 8.39. The minimum atomic E-state index is -4.39. The Bertz CT molecular complexity index is 693. The van der Waals surface area contributed by atoms with Crippen LogP contribution >= 0.6 is 11.9 Å². The molecule has 1 unspecified atom stereocenters. The molecule has 3 aliphatic heterocycles. The van der Waals surface area contributed by atoms with Crippen molar-refractivity contribution in [3.63, 3.8) is 0 Å². The quantitative estimate of drug-likeness (QED) is 0.738. The molecule has 0 bridgehead atoms. The molecule has 0 radical (unpaired) electrons. The molecule has 4 nitrogen and oxygen atoms in total. The molecule has 1 aromatic rings. The van der Waals surface area contributed by atoms with Crippen molar-refractivity contribution >= 4 is 11.9 Å². The minimum absolute atomic E-state index is 0.281. The molecule has 0 aliphatic carbocycles. The fraction of sp³-hybridized carbons (Fsp3) is 0.722. The van der Waals surface area contributed by atoms with Crippen molar-refractivity contribution in [3.8, 4) is 0 Å². The summed E-state index contributed by atoms with van der Waals surface area (Å²) in [5, 5.41) is 0. The van der Waals surface area contributed by atoms with Crippen molar-refractivity contribution in [1.29, 1.82) is 0 Å². The minimum Gasteiger partial charge on any atom is -0.380 e. The second-order valence-corrected chi connectivity index (χ2v) is 9.53. The molecule has 0 N–H and O–H groups in total. The van der Waals surface area contributed by atoms with E-state index in [4.69, 9.17) is 4.74 Å². The maximum absolute atomic E-state index is 12.7. The molecule has 3 fully saturated rings. The third-order valence-corrected chi connectivity index (χ3v) is 7.22. The molecular formula is C18H24F3N3OS. The van der Waals surface area contributed by atoms with Gasteiger partial charge in [0.05, 0.1) is 18.9 Å². The summed E-state index contributed by atoms with van der Waals surface area (Å²) in [7, 11) is 0. The Kier molecular flexibility index (Phi) is 4.34. The van der Waals surface area contributed by atoms with Gasteiger partial charge in [-0.1, -0.05) is 6.92 Å². The maximum Gasteiger partial charge on any atom is 0.433 e. The summed E-state index contributed by atoms with van der Waals surface area (Å²) in [5.41, 5.74) is 0.252. The Morgan fingerprint density at radius 2 is 1.85 bits per heavy atom. The molecule has 1 atom stereocenters. The number of alkyl halides is 3. The van der Waals surface area contributed by atoms with Crippen molar-refractivity contribution in [2.45, 2.75) is 37.9 Å². The van der Waals surface area contributed by atoms with E-state index in [0.29, 0.717) is 17.2 Å². The molecule has 3 saturated heterocycles. The maximum atomic E-state index is 12.7. The molecule has 1 spiro atoms. The number of nitrogens with zero attached hydrogens (tertiary/aromatic N) is 3. The molecule has 4 rings (SSSR count). The zero-order chi connectivity index (χ0) is 18.7. The zero-order valence-electron chi connectivity index (χ0n) is 15.3. The van der Waals surface area contributed by atoms with Gasteiger partial charge in [0.25, 0.3) is 0 Å². The smallest absolute Gasteiger partial charge is 0.380 e. The fourth-order valence-corrected chi connectivity index (χ4v) is 5.37. The summed E-state index contributed by atoms with van der Waals surface area (Å²) in [4.78, 5) is 7.05. The van der Waals surface area contributed by atoms with E-state index >= 15 is 0 Å². The van der Waals surface area contributed by atoms with Crippen LogP contribution in [-0.2, 0) is 10.9 Å². The predicted molar refractivity (Wildman–Crippen MR) is 93.8 cm³/mol. The molecular weight excluding hydrogens is 363 g/mol. The van der Waals surface area contributed by atoms with Crippen LogP contribution in [0, 0.1) is 17.8 Å². The lowest BCUT2D eigenvalue weighted by atomic mass is 9.70. The molecule has 26 heavy (non-hydrogen) atoms. The number of likely N-dealkylation sites (tertiary alicyclic amines) is 1. The van der Waals surface area contributed by atoms with E-state index in [2.05, 4.69) is 28.0 Å². The highest BCUT2D eigenvalue weighted by atomic mass is 32.2. The van der Waals surface area contributed by atoms with Crippen LogP contribution in [0.2, 0.25) is 0 Å². The number of aryl methyl sites for hydroxylation is 1. The van der Waals surface area contributed by atoms with Crippen molar-refractivity contribution in [3.05, 3.63) is 23.5 Å². The standard InChI is InChI=1S/C18H24F3N3OS/c1-12-14(4-5-15(22-12)18(19,20)21)26-24-8-17(9-24)6-23(7-17)13(2)16(3)10-25-11-16/h4-5,13H,6-11H2,1-3H3. The van der Waals surface area contributed by atoms with Crippen LogP contribution in [0.15, 0.2) is 17.0 Å². The lowest BCUT2D eigenvalue weighted by Crippen LogP contribution is -2.74. The Hall–Kier alpha value is -0.830. The van der Waals surface area contributed by atoms with Crippen LogP contribution in [-0.4, -0.2) is 59.6 Å². The van der Waals surface area contributed by atoms with Gasteiger partial charge in [0.2, 0.25) is 0 Å². The van der Waals surface area contributed by atoms with E-state index in [0.717, 1.165) is 50.4 Å². The van der Waals surface area contributed by atoms with Crippen LogP contribution in [0.25, 0.3) is 0 Å². The summed E-state index contributed by atoms with van der Waals surface area (Å²) in [5.74, 6) is 0. The van der Waals surface area contributed by atoms with Gasteiger partial charge < -0.3 is 4.74 Å². The van der Waals surface area contributed by atoms with E-state index in [1.807, 2.05) is 0 Å². The largest absolute Gasteiger partial charge is 0.433 e. The summed E-state index contributed by atoms with van der Waals surface area (Å²) in [6, 6.07) is 3.14. The molecule has 0 amide bonds. The third-order valence-electron chi connectivity index (χ3n) is 6.08. The highest BCUT2D eigenvalue weighted by molar-refractivity contribution is 7.97. The lowest BCUT2D eigenvalue weighted by molar-refractivity contribution is -0.181. The van der Waals surface area contributed by atoms with Crippen LogP contribution in [0.1, 0.15) is 25.2 Å². The van der Waals surface area contributed by atoms with E-state index in [1.165, 1.54) is 18.0 Å². The number of hydrogen-bond acceptors (Lipinski definition) is 5. The Morgan fingerprint density at radius 3 is 2.35 bits per heavy atom. The van der Waals surface area contributed by atoms with Gasteiger partial charge in [-0.3, -0.25) is 4.90 Å². The van der Waals surface area contributed by atoms with Crippen LogP contribution < -0.4 is 0 Å². The zero-order valence-corrected chi connectivity index (χ0v) is 16.1. The second kappa shape index (κ2) is 6.09. The highest BCUT2D eigenvalue weighted by Gasteiger charge is 2.55. The number of pyridine rings is 1. The van der Waals surface area contributed by atoms with Gasteiger partial charge in [0.1, 0.15) is 5.69 Å². The van der Waals surface area contributed by atoms with Gasteiger partial charge in [0.15, 0.2) is 0 Å². The molecule has 0 aromatic carbocycles. The van der Waals surface area contributed by atoms with Crippen LogP contribution in [0.5, 0.6) is 0 Å². The molecule has 144 valence electrons. The summed E-state index contributed by atoms with van der Waals surface area (Å²) >= 11 is 1.52. The van der Waals surface area contributed by atoms with Gasteiger partial charge >= 0.3 is 6.18 Å². The Labute approximate surface area is 156 Å². The monoisotopic (exact) mass is 387 g/mol. The fourth-order valence-electron chi connectivity index (χ4n) is 4.10. The summed E-state index contributed by atoms with van der Waals surface area (Å²) in [6.07, 6.45) is -4.39. The van der Waals surface area contributed by atoms with Crippen molar-refractivity contribution in [1.82, 2.24) is 14.2 Å². The van der Waals surface area contributed by atoms with Crippen LogP contribution in [0.3, 0.4) is 0 Å². The molecule has 1 aromatic heterocycles. The Morgan fingerprint density at radius 1 is 1.19 bits per heavy atom. The highest BCUT2D eigenvalue weighted by Crippen LogP contribution is 2.48. The topological polar surface area (TPSA) is 28.6 Å². The van der Waals surface area contributed by atoms with Crippen molar-refractivity contribution in [2.24, 2.45) is 10.8 Å². The van der Waals surface area contributed by atoms with E-state index in [1.54, 1.807) is 6.92 Å². The van der Waals surface area contributed by atoms with E-state index < -0.39 is 11.9 Å². The first kappa shape index (κ1) is 18.5.